The topological polar surface area (TPSA) is 108 Å². The van der Waals surface area contributed by atoms with Crippen LogP contribution in [0.4, 0.5) is 5.82 Å². The summed E-state index contributed by atoms with van der Waals surface area (Å²) in [5.74, 6) is 0.154. The molecule has 0 saturated heterocycles. The lowest BCUT2D eigenvalue weighted by Crippen LogP contribution is -2.41. The van der Waals surface area contributed by atoms with Gasteiger partial charge in [-0.05, 0) is 25.0 Å². The molecule has 2 heterocycles. The van der Waals surface area contributed by atoms with Crippen molar-refractivity contribution in [3.8, 4) is 0 Å². The predicted molar refractivity (Wildman–Crippen MR) is 98.4 cm³/mol. The van der Waals surface area contributed by atoms with Gasteiger partial charge in [-0.1, -0.05) is 23.4 Å². The SMILES string of the molecule is Cc1cc(N(CC(=O)NCCc2c[nH]c3ccccc23)S(C)(=O)=O)no1. The Kier molecular flexibility index (Phi) is 4.99. The van der Waals surface area contributed by atoms with Crippen LogP contribution in [0.2, 0.25) is 0 Å². The highest BCUT2D eigenvalue weighted by Crippen LogP contribution is 2.18. The maximum Gasteiger partial charge on any atom is 0.240 e. The lowest BCUT2D eigenvalue weighted by Gasteiger charge is -2.18. The van der Waals surface area contributed by atoms with Gasteiger partial charge < -0.3 is 14.8 Å². The Morgan fingerprint density at radius 3 is 2.81 bits per heavy atom. The van der Waals surface area contributed by atoms with Crippen LogP contribution in [0.25, 0.3) is 10.9 Å². The number of para-hydroxylation sites is 1. The summed E-state index contributed by atoms with van der Waals surface area (Å²) in [7, 11) is -3.65. The Hall–Kier alpha value is -2.81. The van der Waals surface area contributed by atoms with Gasteiger partial charge in [-0.2, -0.15) is 0 Å². The molecule has 26 heavy (non-hydrogen) atoms. The van der Waals surface area contributed by atoms with E-state index in [1.165, 1.54) is 6.07 Å². The number of amides is 1. The molecular weight excluding hydrogens is 356 g/mol. The van der Waals surface area contributed by atoms with Gasteiger partial charge in [0.05, 0.1) is 6.26 Å². The van der Waals surface area contributed by atoms with Gasteiger partial charge in [-0.15, -0.1) is 0 Å². The second-order valence-corrected chi connectivity index (χ2v) is 7.93. The van der Waals surface area contributed by atoms with Gasteiger partial charge in [-0.3, -0.25) is 4.79 Å². The molecule has 2 aromatic heterocycles. The summed E-state index contributed by atoms with van der Waals surface area (Å²) in [4.78, 5) is 15.4. The van der Waals surface area contributed by atoms with E-state index in [0.717, 1.165) is 27.0 Å². The summed E-state index contributed by atoms with van der Waals surface area (Å²) in [6.45, 7) is 1.70. The number of hydrogen-bond donors (Lipinski definition) is 2. The molecule has 2 N–H and O–H groups in total. The minimum absolute atomic E-state index is 0.0942. The molecule has 1 amide bonds. The van der Waals surface area contributed by atoms with Gasteiger partial charge in [0.2, 0.25) is 15.9 Å². The highest BCUT2D eigenvalue weighted by Gasteiger charge is 2.23. The standard InChI is InChI=1S/C17H20N4O4S/c1-12-9-16(20-25-12)21(26(2,23)24)11-17(22)18-8-7-13-10-19-15-6-4-3-5-14(13)15/h3-6,9-10,19H,7-8,11H2,1-2H3,(H,18,22). The molecule has 8 nitrogen and oxygen atoms in total. The van der Waals surface area contributed by atoms with Crippen LogP contribution in [0.15, 0.2) is 41.1 Å². The quantitative estimate of drug-likeness (QED) is 0.651. The zero-order valence-electron chi connectivity index (χ0n) is 14.5. The number of benzene rings is 1. The van der Waals surface area contributed by atoms with Crippen LogP contribution in [-0.4, -0.2) is 43.8 Å². The molecule has 0 atom stereocenters. The Labute approximate surface area is 151 Å². The van der Waals surface area contributed by atoms with Crippen molar-refractivity contribution in [2.75, 3.05) is 23.7 Å². The molecule has 0 unspecified atom stereocenters. The molecule has 0 radical (unpaired) electrons. The van der Waals surface area contributed by atoms with E-state index in [-0.39, 0.29) is 12.4 Å². The van der Waals surface area contributed by atoms with Gasteiger partial charge in [0.25, 0.3) is 0 Å². The van der Waals surface area contributed by atoms with Crippen LogP contribution >= 0.6 is 0 Å². The van der Waals surface area contributed by atoms with E-state index in [9.17, 15) is 13.2 Å². The Balaban J connectivity index is 1.60. The van der Waals surface area contributed by atoms with Crippen molar-refractivity contribution in [3.05, 3.63) is 47.9 Å². The number of nitrogens with zero attached hydrogens (tertiary/aromatic N) is 2. The van der Waals surface area contributed by atoms with Crippen molar-refractivity contribution in [2.45, 2.75) is 13.3 Å². The third-order valence-corrected chi connectivity index (χ3v) is 5.07. The molecule has 9 heteroatoms. The van der Waals surface area contributed by atoms with Crippen LogP contribution in [0, 0.1) is 6.92 Å². The molecule has 0 aliphatic heterocycles. The molecule has 3 aromatic rings. The first kappa shape index (κ1) is 18.0. The average molecular weight is 376 g/mol. The van der Waals surface area contributed by atoms with E-state index in [0.29, 0.717) is 18.7 Å². The number of aryl methyl sites for hydroxylation is 1. The number of aromatic amines is 1. The van der Waals surface area contributed by atoms with Gasteiger partial charge in [0.1, 0.15) is 12.3 Å². The number of hydrogen-bond acceptors (Lipinski definition) is 5. The largest absolute Gasteiger partial charge is 0.361 e. The summed E-state index contributed by atoms with van der Waals surface area (Å²) in [6.07, 6.45) is 3.58. The Bertz CT molecular complexity index is 1020. The second kappa shape index (κ2) is 7.20. The van der Waals surface area contributed by atoms with E-state index >= 15 is 0 Å². The van der Waals surface area contributed by atoms with E-state index < -0.39 is 15.9 Å². The van der Waals surface area contributed by atoms with Gasteiger partial charge >= 0.3 is 0 Å². The number of rotatable bonds is 7. The van der Waals surface area contributed by atoms with Crippen molar-refractivity contribution in [2.24, 2.45) is 0 Å². The van der Waals surface area contributed by atoms with Crippen LogP contribution in [0.1, 0.15) is 11.3 Å². The normalized spacial score (nSPS) is 11.6. The number of sulfonamides is 1. The lowest BCUT2D eigenvalue weighted by atomic mass is 10.1. The predicted octanol–water partition coefficient (Wildman–Crippen LogP) is 1.59. The number of carbonyl (C=O) groups excluding carboxylic acids is 1. The number of fused-ring (bicyclic) bond motifs is 1. The van der Waals surface area contributed by atoms with Crippen molar-refractivity contribution >= 4 is 32.7 Å². The molecule has 3 rings (SSSR count). The van der Waals surface area contributed by atoms with E-state index in [4.69, 9.17) is 4.52 Å². The molecule has 0 bridgehead atoms. The first-order chi connectivity index (χ1) is 12.3. The molecule has 0 aliphatic carbocycles. The van der Waals surface area contributed by atoms with Crippen molar-refractivity contribution < 1.29 is 17.7 Å². The fourth-order valence-electron chi connectivity index (χ4n) is 2.70. The second-order valence-electron chi connectivity index (χ2n) is 6.02. The zero-order chi connectivity index (χ0) is 18.7. The first-order valence-corrected chi connectivity index (χ1v) is 9.92. The Morgan fingerprint density at radius 2 is 2.12 bits per heavy atom. The fourth-order valence-corrected chi connectivity index (χ4v) is 3.48. The molecule has 0 aliphatic rings. The lowest BCUT2D eigenvalue weighted by molar-refractivity contribution is -0.119. The summed E-state index contributed by atoms with van der Waals surface area (Å²) < 4.78 is 29.7. The van der Waals surface area contributed by atoms with Crippen LogP contribution in [-0.2, 0) is 21.2 Å². The van der Waals surface area contributed by atoms with E-state index in [1.807, 2.05) is 30.5 Å². The Morgan fingerprint density at radius 1 is 1.35 bits per heavy atom. The van der Waals surface area contributed by atoms with Gasteiger partial charge in [0, 0.05) is 29.7 Å². The maximum absolute atomic E-state index is 12.2. The van der Waals surface area contributed by atoms with Crippen molar-refractivity contribution in [1.29, 1.82) is 0 Å². The molecule has 138 valence electrons. The number of H-pyrrole nitrogens is 1. The van der Waals surface area contributed by atoms with E-state index in [2.05, 4.69) is 15.5 Å². The first-order valence-electron chi connectivity index (χ1n) is 8.07. The number of nitrogens with one attached hydrogen (secondary N) is 2. The molecule has 1 aromatic carbocycles. The van der Waals surface area contributed by atoms with Crippen molar-refractivity contribution in [3.63, 3.8) is 0 Å². The number of carbonyl (C=O) groups is 1. The van der Waals surface area contributed by atoms with Crippen LogP contribution in [0.5, 0.6) is 0 Å². The van der Waals surface area contributed by atoms with Crippen molar-refractivity contribution in [1.82, 2.24) is 15.5 Å². The molecule has 0 saturated carbocycles. The van der Waals surface area contributed by atoms with Crippen LogP contribution in [0.3, 0.4) is 0 Å². The number of anilines is 1. The molecule has 0 fully saturated rings. The number of aromatic nitrogens is 2. The summed E-state index contributed by atoms with van der Waals surface area (Å²) in [5, 5.41) is 7.53. The van der Waals surface area contributed by atoms with E-state index in [1.54, 1.807) is 6.92 Å². The highest BCUT2D eigenvalue weighted by molar-refractivity contribution is 7.92. The van der Waals surface area contributed by atoms with Crippen LogP contribution < -0.4 is 9.62 Å². The zero-order valence-corrected chi connectivity index (χ0v) is 15.3. The smallest absolute Gasteiger partial charge is 0.240 e. The minimum atomic E-state index is -3.65. The maximum atomic E-state index is 12.2. The average Bonchev–Trinajstić information content (AvgIpc) is 3.18. The minimum Gasteiger partial charge on any atom is -0.361 e. The van der Waals surface area contributed by atoms with Gasteiger partial charge in [-0.25, -0.2) is 12.7 Å². The van der Waals surface area contributed by atoms with Gasteiger partial charge in [0.15, 0.2) is 5.82 Å². The molecular formula is C17H20N4O4S. The summed E-state index contributed by atoms with van der Waals surface area (Å²) in [5.41, 5.74) is 2.13. The fraction of sp³-hybridized carbons (Fsp3) is 0.294. The third-order valence-electron chi connectivity index (χ3n) is 3.95. The third kappa shape index (κ3) is 4.05. The highest BCUT2D eigenvalue weighted by atomic mass is 32.2. The summed E-state index contributed by atoms with van der Waals surface area (Å²) in [6, 6.07) is 9.39. The molecule has 0 spiro atoms. The summed E-state index contributed by atoms with van der Waals surface area (Å²) >= 11 is 0. The monoisotopic (exact) mass is 376 g/mol.